The number of rotatable bonds is 7. The topological polar surface area (TPSA) is 72.9 Å². The molecule has 0 spiro atoms. The number of imide groups is 1. The summed E-state index contributed by atoms with van der Waals surface area (Å²) in [5.41, 5.74) is 1.75. The van der Waals surface area contributed by atoms with E-state index in [4.69, 9.17) is 9.47 Å². The lowest BCUT2D eigenvalue weighted by Gasteiger charge is -2.12. The first-order chi connectivity index (χ1) is 14.0. The molecule has 0 atom stereocenters. The summed E-state index contributed by atoms with van der Waals surface area (Å²) in [5.74, 6) is -0.0385. The van der Waals surface area contributed by atoms with Crippen LogP contribution >= 0.6 is 11.8 Å². The molecule has 1 aliphatic rings. The predicted octanol–water partition coefficient (Wildman–Crippen LogP) is 4.29. The molecule has 1 heterocycles. The molecule has 29 heavy (non-hydrogen) atoms. The Balaban J connectivity index is 1.76. The minimum atomic E-state index is -0.446. The highest BCUT2D eigenvalue weighted by atomic mass is 32.2. The lowest BCUT2D eigenvalue weighted by Crippen LogP contribution is -2.30. The Morgan fingerprint density at radius 3 is 2.55 bits per heavy atom. The second-order valence-electron chi connectivity index (χ2n) is 6.30. The van der Waals surface area contributed by atoms with Crippen molar-refractivity contribution in [2.24, 2.45) is 0 Å². The lowest BCUT2D eigenvalue weighted by atomic mass is 10.1. The number of nitrogens with zero attached hydrogens (tertiary/aromatic N) is 1. The largest absolute Gasteiger partial charge is 0.490 e. The fourth-order valence-electron chi connectivity index (χ4n) is 2.85. The number of hydrogen-bond acceptors (Lipinski definition) is 6. The molecule has 0 N–H and O–H groups in total. The molecule has 0 bridgehead atoms. The van der Waals surface area contributed by atoms with Crippen molar-refractivity contribution in [3.8, 4) is 11.5 Å². The van der Waals surface area contributed by atoms with Gasteiger partial charge in [-0.15, -0.1) is 0 Å². The number of thioether (sulfide) groups is 1. The van der Waals surface area contributed by atoms with Gasteiger partial charge >= 0.3 is 5.97 Å². The quantitative estimate of drug-likeness (QED) is 0.384. The summed E-state index contributed by atoms with van der Waals surface area (Å²) >= 11 is 0.918. The van der Waals surface area contributed by atoms with Gasteiger partial charge in [-0.25, -0.2) is 0 Å². The molecule has 1 saturated heterocycles. The Bertz CT molecular complexity index is 955. The molecular weight excluding hydrogens is 390 g/mol. The zero-order chi connectivity index (χ0) is 20.8. The summed E-state index contributed by atoms with van der Waals surface area (Å²) in [6, 6.07) is 14.7. The summed E-state index contributed by atoms with van der Waals surface area (Å²) in [5, 5.41) is -0.279. The van der Waals surface area contributed by atoms with E-state index >= 15 is 0 Å². The maximum absolute atomic E-state index is 12.7. The van der Waals surface area contributed by atoms with E-state index < -0.39 is 5.97 Å². The van der Waals surface area contributed by atoms with Crippen LogP contribution in [-0.4, -0.2) is 35.2 Å². The molecular formula is C22H21NO5S. The van der Waals surface area contributed by atoms with Gasteiger partial charge in [-0.3, -0.25) is 19.3 Å². The number of carbonyl (C=O) groups excluding carboxylic acids is 3. The molecule has 0 aliphatic carbocycles. The van der Waals surface area contributed by atoms with Crippen molar-refractivity contribution in [2.45, 2.75) is 20.3 Å². The first kappa shape index (κ1) is 20.7. The molecule has 2 amide bonds. The van der Waals surface area contributed by atoms with Gasteiger partial charge in [0.1, 0.15) is 0 Å². The van der Waals surface area contributed by atoms with Crippen molar-refractivity contribution in [1.82, 2.24) is 4.90 Å². The average molecular weight is 411 g/mol. The van der Waals surface area contributed by atoms with Crippen molar-refractivity contribution in [3.63, 3.8) is 0 Å². The highest BCUT2D eigenvalue weighted by molar-refractivity contribution is 8.18. The van der Waals surface area contributed by atoms with E-state index in [9.17, 15) is 14.4 Å². The monoisotopic (exact) mass is 411 g/mol. The third kappa shape index (κ3) is 5.26. The summed E-state index contributed by atoms with van der Waals surface area (Å²) in [6.07, 6.45) is 2.26. The van der Waals surface area contributed by atoms with Gasteiger partial charge in [0.05, 0.1) is 11.5 Å². The predicted molar refractivity (Wildman–Crippen MR) is 112 cm³/mol. The van der Waals surface area contributed by atoms with Crippen LogP contribution in [0.2, 0.25) is 0 Å². The minimum Gasteiger partial charge on any atom is -0.490 e. The van der Waals surface area contributed by atoms with Gasteiger partial charge in [-0.05, 0) is 54.4 Å². The third-order valence-corrected chi connectivity index (χ3v) is 5.07. The van der Waals surface area contributed by atoms with Crippen molar-refractivity contribution in [3.05, 3.63) is 64.6 Å². The van der Waals surface area contributed by atoms with E-state index in [1.807, 2.05) is 37.3 Å². The zero-order valence-electron chi connectivity index (χ0n) is 16.2. The normalized spacial score (nSPS) is 15.1. The number of hydrogen-bond donors (Lipinski definition) is 0. The molecule has 150 valence electrons. The third-order valence-electron chi connectivity index (χ3n) is 4.16. The Morgan fingerprint density at radius 1 is 1.10 bits per heavy atom. The van der Waals surface area contributed by atoms with Gasteiger partial charge in [0, 0.05) is 13.5 Å². The van der Waals surface area contributed by atoms with Crippen LogP contribution in [0.15, 0.2) is 53.4 Å². The molecule has 0 unspecified atom stereocenters. The van der Waals surface area contributed by atoms with Crippen LogP contribution in [0.3, 0.4) is 0 Å². The van der Waals surface area contributed by atoms with E-state index in [2.05, 4.69) is 0 Å². The number of benzene rings is 2. The molecule has 3 rings (SSSR count). The van der Waals surface area contributed by atoms with Gasteiger partial charge in [-0.2, -0.15) is 0 Å². The molecule has 2 aromatic carbocycles. The van der Waals surface area contributed by atoms with E-state index in [-0.39, 0.29) is 11.1 Å². The summed E-state index contributed by atoms with van der Waals surface area (Å²) in [7, 11) is 0. The highest BCUT2D eigenvalue weighted by Crippen LogP contribution is 2.34. The smallest absolute Gasteiger partial charge is 0.308 e. The molecule has 0 aromatic heterocycles. The number of carbonyl (C=O) groups is 3. The van der Waals surface area contributed by atoms with E-state index in [0.29, 0.717) is 41.5 Å². The van der Waals surface area contributed by atoms with Gasteiger partial charge in [0.2, 0.25) is 0 Å². The maximum atomic E-state index is 12.7. The van der Waals surface area contributed by atoms with E-state index in [1.165, 1.54) is 11.8 Å². The SMILES string of the molecule is CCOc1cc(/C=C2/SC(=O)N(CCc3ccccc3)C2=O)ccc1OC(C)=O. The molecule has 2 aromatic rings. The van der Waals surface area contributed by atoms with Crippen LogP contribution in [0, 0.1) is 0 Å². The van der Waals surface area contributed by atoms with Crippen molar-refractivity contribution < 1.29 is 23.9 Å². The molecule has 6 nitrogen and oxygen atoms in total. The molecule has 0 saturated carbocycles. The lowest BCUT2D eigenvalue weighted by molar-refractivity contribution is -0.132. The van der Waals surface area contributed by atoms with Crippen LogP contribution < -0.4 is 9.47 Å². The Hall–Kier alpha value is -3.06. The molecule has 1 fully saturated rings. The van der Waals surface area contributed by atoms with Crippen molar-refractivity contribution in [2.75, 3.05) is 13.2 Å². The second-order valence-corrected chi connectivity index (χ2v) is 7.29. The van der Waals surface area contributed by atoms with E-state index in [0.717, 1.165) is 17.3 Å². The number of amides is 2. The zero-order valence-corrected chi connectivity index (χ0v) is 17.0. The van der Waals surface area contributed by atoms with Gasteiger partial charge in [0.25, 0.3) is 11.1 Å². The number of ether oxygens (including phenoxy) is 2. The maximum Gasteiger partial charge on any atom is 0.308 e. The highest BCUT2D eigenvalue weighted by Gasteiger charge is 2.34. The molecule has 1 aliphatic heterocycles. The van der Waals surface area contributed by atoms with E-state index in [1.54, 1.807) is 24.3 Å². The minimum absolute atomic E-state index is 0.279. The fraction of sp³-hybridized carbons (Fsp3) is 0.227. The van der Waals surface area contributed by atoms with Crippen LogP contribution in [0.1, 0.15) is 25.0 Å². The van der Waals surface area contributed by atoms with Crippen LogP contribution in [0.25, 0.3) is 6.08 Å². The average Bonchev–Trinajstić information content (AvgIpc) is 2.96. The number of esters is 1. The molecule has 7 heteroatoms. The summed E-state index contributed by atoms with van der Waals surface area (Å²) < 4.78 is 10.7. The van der Waals surface area contributed by atoms with Crippen LogP contribution in [-0.2, 0) is 16.0 Å². The fourth-order valence-corrected chi connectivity index (χ4v) is 3.72. The first-order valence-corrected chi connectivity index (χ1v) is 10.0. The van der Waals surface area contributed by atoms with Crippen molar-refractivity contribution >= 4 is 35.0 Å². The Labute approximate surface area is 173 Å². The standard InChI is InChI=1S/C22H21NO5S/c1-3-27-19-13-17(9-10-18(19)28-15(2)24)14-20-21(25)23(22(26)29-20)12-11-16-7-5-4-6-8-16/h4-10,13-14H,3,11-12H2,1-2H3/b20-14+. The second kappa shape index (κ2) is 9.43. The summed E-state index contributed by atoms with van der Waals surface area (Å²) in [4.78, 5) is 37.8. The van der Waals surface area contributed by atoms with Crippen molar-refractivity contribution in [1.29, 1.82) is 0 Å². The van der Waals surface area contributed by atoms with Crippen LogP contribution in [0.5, 0.6) is 11.5 Å². The van der Waals surface area contributed by atoms with Gasteiger partial charge < -0.3 is 9.47 Å². The Morgan fingerprint density at radius 2 is 1.86 bits per heavy atom. The Kier molecular flexibility index (Phi) is 6.72. The van der Waals surface area contributed by atoms with Crippen LogP contribution in [0.4, 0.5) is 4.79 Å². The first-order valence-electron chi connectivity index (χ1n) is 9.22. The van der Waals surface area contributed by atoms with Gasteiger partial charge in [0.15, 0.2) is 11.5 Å². The molecule has 0 radical (unpaired) electrons. The van der Waals surface area contributed by atoms with Gasteiger partial charge in [-0.1, -0.05) is 36.4 Å². The summed E-state index contributed by atoms with van der Waals surface area (Å²) in [6.45, 7) is 3.87.